The first-order valence-electron chi connectivity index (χ1n) is 5.79. The van der Waals surface area contributed by atoms with E-state index in [4.69, 9.17) is 0 Å². The summed E-state index contributed by atoms with van der Waals surface area (Å²) in [6.45, 7) is 10.5. The van der Waals surface area contributed by atoms with Crippen molar-refractivity contribution in [1.29, 1.82) is 0 Å². The van der Waals surface area contributed by atoms with Crippen molar-refractivity contribution >= 4 is 15.9 Å². The zero-order valence-electron chi connectivity index (χ0n) is 10.7. The van der Waals surface area contributed by atoms with E-state index in [1.807, 2.05) is 0 Å². The summed E-state index contributed by atoms with van der Waals surface area (Å²) >= 11 is 3.51. The third-order valence-electron chi connectivity index (χ3n) is 3.42. The SMILES string of the molecule is Cc1cc(C(O)C(C)C(C)C)c(C)cc1Br. The molecule has 1 nitrogen and oxygen atoms in total. The Bertz CT molecular complexity index is 371. The van der Waals surface area contributed by atoms with Crippen LogP contribution in [0.5, 0.6) is 0 Å². The Morgan fingerprint density at radius 1 is 1.06 bits per heavy atom. The molecule has 0 aliphatic rings. The van der Waals surface area contributed by atoms with Crippen molar-refractivity contribution in [3.05, 3.63) is 33.3 Å². The molecule has 1 rings (SSSR count). The predicted octanol–water partition coefficient (Wildman–Crippen LogP) is 4.39. The van der Waals surface area contributed by atoms with Crippen molar-refractivity contribution < 1.29 is 5.11 Å². The van der Waals surface area contributed by atoms with Gasteiger partial charge in [0.15, 0.2) is 0 Å². The lowest BCUT2D eigenvalue weighted by Crippen LogP contribution is -2.16. The molecule has 0 bridgehead atoms. The fourth-order valence-electron chi connectivity index (χ4n) is 1.77. The summed E-state index contributed by atoms with van der Waals surface area (Å²) < 4.78 is 1.11. The van der Waals surface area contributed by atoms with Gasteiger partial charge in [0.2, 0.25) is 0 Å². The van der Waals surface area contributed by atoms with Gasteiger partial charge < -0.3 is 5.11 Å². The highest BCUT2D eigenvalue weighted by Gasteiger charge is 2.21. The summed E-state index contributed by atoms with van der Waals surface area (Å²) in [4.78, 5) is 0. The second kappa shape index (κ2) is 5.33. The highest BCUT2D eigenvalue weighted by molar-refractivity contribution is 9.10. The Hall–Kier alpha value is -0.340. The quantitative estimate of drug-likeness (QED) is 0.873. The molecule has 2 atom stereocenters. The lowest BCUT2D eigenvalue weighted by Gasteiger charge is -2.24. The van der Waals surface area contributed by atoms with Gasteiger partial charge in [-0.2, -0.15) is 0 Å². The third-order valence-corrected chi connectivity index (χ3v) is 4.27. The number of aliphatic hydroxyl groups excluding tert-OH is 1. The molecule has 2 heteroatoms. The molecular weight excluding hydrogens is 264 g/mol. The average Bonchev–Trinajstić information content (AvgIpc) is 2.21. The number of aliphatic hydroxyl groups is 1. The summed E-state index contributed by atoms with van der Waals surface area (Å²) in [6.07, 6.45) is -0.369. The molecule has 0 saturated heterocycles. The van der Waals surface area contributed by atoms with E-state index < -0.39 is 0 Å². The molecule has 0 amide bonds. The number of hydrogen-bond donors (Lipinski definition) is 1. The van der Waals surface area contributed by atoms with Crippen molar-refractivity contribution in [2.24, 2.45) is 11.8 Å². The first-order chi connectivity index (χ1) is 7.34. The third kappa shape index (κ3) is 2.86. The summed E-state index contributed by atoms with van der Waals surface area (Å²) in [5, 5.41) is 10.3. The van der Waals surface area contributed by atoms with Gasteiger partial charge in [-0.1, -0.05) is 42.8 Å². The molecule has 0 aliphatic heterocycles. The van der Waals surface area contributed by atoms with E-state index in [2.05, 4.69) is 62.7 Å². The van der Waals surface area contributed by atoms with E-state index >= 15 is 0 Å². The first kappa shape index (κ1) is 13.7. The van der Waals surface area contributed by atoms with Gasteiger partial charge in [-0.15, -0.1) is 0 Å². The fourth-order valence-corrected chi connectivity index (χ4v) is 2.23. The molecule has 0 saturated carbocycles. The largest absolute Gasteiger partial charge is 0.388 e. The molecule has 0 spiro atoms. The van der Waals surface area contributed by atoms with Crippen LogP contribution in [0.15, 0.2) is 16.6 Å². The van der Waals surface area contributed by atoms with Crippen LogP contribution in [0.2, 0.25) is 0 Å². The minimum Gasteiger partial charge on any atom is -0.388 e. The van der Waals surface area contributed by atoms with Crippen LogP contribution in [0.1, 0.15) is 43.6 Å². The topological polar surface area (TPSA) is 20.2 Å². The number of hydrogen-bond acceptors (Lipinski definition) is 1. The van der Waals surface area contributed by atoms with Gasteiger partial charge in [0.25, 0.3) is 0 Å². The molecule has 0 radical (unpaired) electrons. The second-order valence-corrected chi connectivity index (χ2v) is 5.86. The minimum absolute atomic E-state index is 0.277. The Morgan fingerprint density at radius 2 is 1.62 bits per heavy atom. The summed E-state index contributed by atoms with van der Waals surface area (Å²) in [6, 6.07) is 4.17. The normalized spacial score (nSPS) is 15.2. The average molecular weight is 285 g/mol. The molecule has 16 heavy (non-hydrogen) atoms. The van der Waals surface area contributed by atoms with E-state index in [-0.39, 0.29) is 12.0 Å². The summed E-state index contributed by atoms with van der Waals surface area (Å²) in [5.74, 6) is 0.762. The van der Waals surface area contributed by atoms with Crippen LogP contribution in [0.25, 0.3) is 0 Å². The molecule has 0 aromatic heterocycles. The van der Waals surface area contributed by atoms with E-state index in [1.54, 1.807) is 0 Å². The van der Waals surface area contributed by atoms with Crippen LogP contribution in [0.3, 0.4) is 0 Å². The molecule has 1 N–H and O–H groups in total. The van der Waals surface area contributed by atoms with Crippen molar-refractivity contribution in [2.45, 2.75) is 40.7 Å². The van der Waals surface area contributed by atoms with Gasteiger partial charge in [0.1, 0.15) is 0 Å². The van der Waals surface area contributed by atoms with Crippen LogP contribution < -0.4 is 0 Å². The molecular formula is C14H21BrO. The van der Waals surface area contributed by atoms with Crippen LogP contribution in [-0.4, -0.2) is 5.11 Å². The predicted molar refractivity (Wildman–Crippen MR) is 72.6 cm³/mol. The minimum atomic E-state index is -0.369. The molecule has 2 unspecified atom stereocenters. The molecule has 0 fully saturated rings. The standard InChI is InChI=1S/C14H21BrO/c1-8(2)11(5)14(16)12-6-10(4)13(15)7-9(12)3/h6-8,11,14,16H,1-5H3. The van der Waals surface area contributed by atoms with E-state index in [0.717, 1.165) is 15.6 Å². The second-order valence-electron chi connectivity index (χ2n) is 5.01. The summed E-state index contributed by atoms with van der Waals surface area (Å²) in [5.41, 5.74) is 3.38. The lowest BCUT2D eigenvalue weighted by molar-refractivity contribution is 0.0915. The zero-order valence-corrected chi connectivity index (χ0v) is 12.3. The van der Waals surface area contributed by atoms with E-state index in [9.17, 15) is 5.11 Å². The molecule has 0 aliphatic carbocycles. The van der Waals surface area contributed by atoms with E-state index in [1.165, 1.54) is 5.56 Å². The number of rotatable bonds is 3. The Labute approximate surface area is 107 Å². The van der Waals surface area contributed by atoms with Gasteiger partial charge in [-0.25, -0.2) is 0 Å². The van der Waals surface area contributed by atoms with Gasteiger partial charge in [-0.3, -0.25) is 0 Å². The van der Waals surface area contributed by atoms with Crippen LogP contribution in [0, 0.1) is 25.7 Å². The monoisotopic (exact) mass is 284 g/mol. The van der Waals surface area contributed by atoms with Crippen molar-refractivity contribution in [3.8, 4) is 0 Å². The number of halogens is 1. The fraction of sp³-hybridized carbons (Fsp3) is 0.571. The van der Waals surface area contributed by atoms with Gasteiger partial charge in [0.05, 0.1) is 6.10 Å². The van der Waals surface area contributed by atoms with Crippen molar-refractivity contribution in [3.63, 3.8) is 0 Å². The maximum atomic E-state index is 10.3. The van der Waals surface area contributed by atoms with Gasteiger partial charge in [0, 0.05) is 4.47 Å². The van der Waals surface area contributed by atoms with Crippen LogP contribution in [-0.2, 0) is 0 Å². The lowest BCUT2D eigenvalue weighted by atomic mass is 9.86. The maximum absolute atomic E-state index is 10.3. The Balaban J connectivity index is 3.08. The van der Waals surface area contributed by atoms with Crippen LogP contribution in [0.4, 0.5) is 0 Å². The first-order valence-corrected chi connectivity index (χ1v) is 6.58. The maximum Gasteiger partial charge on any atom is 0.0820 e. The van der Waals surface area contributed by atoms with Crippen molar-refractivity contribution in [1.82, 2.24) is 0 Å². The number of aryl methyl sites for hydroxylation is 2. The Kier molecular flexibility index (Phi) is 4.57. The van der Waals surface area contributed by atoms with Gasteiger partial charge in [-0.05, 0) is 48.4 Å². The molecule has 1 aromatic carbocycles. The molecule has 0 heterocycles. The zero-order chi connectivity index (χ0) is 12.5. The smallest absolute Gasteiger partial charge is 0.0820 e. The molecule has 90 valence electrons. The van der Waals surface area contributed by atoms with E-state index in [0.29, 0.717) is 5.92 Å². The molecule has 1 aromatic rings. The highest BCUT2D eigenvalue weighted by atomic mass is 79.9. The van der Waals surface area contributed by atoms with Gasteiger partial charge >= 0.3 is 0 Å². The number of benzene rings is 1. The highest BCUT2D eigenvalue weighted by Crippen LogP contribution is 2.32. The van der Waals surface area contributed by atoms with Crippen molar-refractivity contribution in [2.75, 3.05) is 0 Å². The summed E-state index contributed by atoms with van der Waals surface area (Å²) in [7, 11) is 0. The Morgan fingerprint density at radius 3 is 2.12 bits per heavy atom. The van der Waals surface area contributed by atoms with Crippen LogP contribution >= 0.6 is 15.9 Å².